The fraction of sp³-hybridized carbons (Fsp3) is 0. The van der Waals surface area contributed by atoms with E-state index < -0.39 is 5.91 Å². The summed E-state index contributed by atoms with van der Waals surface area (Å²) >= 11 is 3.29. The number of carbonyl (C=O) groups excluding carboxylic acids is 1. The number of amides is 1. The number of benzene rings is 1. The van der Waals surface area contributed by atoms with E-state index in [1.54, 1.807) is 0 Å². The van der Waals surface area contributed by atoms with Crippen LogP contribution in [0.25, 0.3) is 0 Å². The summed E-state index contributed by atoms with van der Waals surface area (Å²) in [5.74, 6) is 1.43. The summed E-state index contributed by atoms with van der Waals surface area (Å²) in [5.41, 5.74) is 5.76. The maximum absolute atomic E-state index is 10.6. The van der Waals surface area contributed by atoms with Crippen molar-refractivity contribution in [3.05, 3.63) is 28.7 Å². The molecule has 4 heteroatoms. The summed E-state index contributed by atoms with van der Waals surface area (Å²) in [6.45, 7) is 0. The SMILES string of the molecule is C#CC(=O)NNc1cccc(Br)c1. The molecule has 66 valence electrons. The highest BCUT2D eigenvalue weighted by atomic mass is 79.9. The lowest BCUT2D eigenvalue weighted by molar-refractivity contribution is -0.115. The lowest BCUT2D eigenvalue weighted by atomic mass is 10.3. The van der Waals surface area contributed by atoms with Crippen molar-refractivity contribution in [1.82, 2.24) is 5.43 Å². The van der Waals surface area contributed by atoms with E-state index in [0.717, 1.165) is 10.2 Å². The smallest absolute Gasteiger partial charge is 0.298 e. The highest BCUT2D eigenvalue weighted by Gasteiger charge is 1.94. The first-order chi connectivity index (χ1) is 6.22. The standard InChI is InChI=1S/C9H7BrN2O/c1-2-9(13)12-11-8-5-3-4-7(10)6-8/h1,3-6,11H,(H,12,13). The van der Waals surface area contributed by atoms with Gasteiger partial charge in [0.15, 0.2) is 0 Å². The third-order valence-corrected chi connectivity index (χ3v) is 1.77. The molecule has 0 saturated carbocycles. The second kappa shape index (κ2) is 4.53. The molecule has 0 aliphatic rings. The molecule has 0 unspecified atom stereocenters. The van der Waals surface area contributed by atoms with Crippen LogP contribution in [0, 0.1) is 12.3 Å². The number of anilines is 1. The molecule has 0 aliphatic heterocycles. The van der Waals surface area contributed by atoms with Crippen LogP contribution in [0.4, 0.5) is 5.69 Å². The fourth-order valence-corrected chi connectivity index (χ4v) is 1.13. The van der Waals surface area contributed by atoms with Crippen molar-refractivity contribution in [1.29, 1.82) is 0 Å². The Kier molecular flexibility index (Phi) is 3.35. The van der Waals surface area contributed by atoms with Crippen LogP contribution < -0.4 is 10.9 Å². The van der Waals surface area contributed by atoms with E-state index in [0.29, 0.717) is 0 Å². The molecule has 1 amide bonds. The monoisotopic (exact) mass is 238 g/mol. The number of hydrogen-bond acceptors (Lipinski definition) is 2. The van der Waals surface area contributed by atoms with Crippen LogP contribution in [0.15, 0.2) is 28.7 Å². The summed E-state index contributed by atoms with van der Waals surface area (Å²) in [5, 5.41) is 0. The fourth-order valence-electron chi connectivity index (χ4n) is 0.731. The van der Waals surface area contributed by atoms with Gasteiger partial charge in [0.1, 0.15) is 0 Å². The van der Waals surface area contributed by atoms with Crippen LogP contribution in [-0.4, -0.2) is 5.91 Å². The maximum atomic E-state index is 10.6. The molecule has 1 aromatic carbocycles. The first-order valence-corrected chi connectivity index (χ1v) is 4.30. The van der Waals surface area contributed by atoms with Gasteiger partial charge in [0.05, 0.1) is 5.69 Å². The Hall–Kier alpha value is -1.47. The van der Waals surface area contributed by atoms with E-state index in [2.05, 4.69) is 26.8 Å². The van der Waals surface area contributed by atoms with Gasteiger partial charge in [0, 0.05) is 4.47 Å². The minimum absolute atomic E-state index is 0.500. The van der Waals surface area contributed by atoms with Crippen molar-refractivity contribution >= 4 is 27.5 Å². The van der Waals surface area contributed by atoms with Crippen molar-refractivity contribution in [2.75, 3.05) is 5.43 Å². The average molecular weight is 239 g/mol. The predicted octanol–water partition coefficient (Wildman–Crippen LogP) is 1.53. The molecule has 0 saturated heterocycles. The van der Waals surface area contributed by atoms with Crippen molar-refractivity contribution in [2.24, 2.45) is 0 Å². The van der Waals surface area contributed by atoms with Gasteiger partial charge in [0.2, 0.25) is 0 Å². The molecule has 0 radical (unpaired) electrons. The number of halogens is 1. The van der Waals surface area contributed by atoms with Gasteiger partial charge >= 0.3 is 5.91 Å². The van der Waals surface area contributed by atoms with Crippen molar-refractivity contribution < 1.29 is 4.79 Å². The van der Waals surface area contributed by atoms with Crippen LogP contribution >= 0.6 is 15.9 Å². The normalized spacial score (nSPS) is 8.62. The summed E-state index contributed by atoms with van der Waals surface area (Å²) in [6.07, 6.45) is 4.85. The molecule has 0 aliphatic carbocycles. The summed E-state index contributed by atoms with van der Waals surface area (Å²) in [4.78, 5) is 10.6. The Morgan fingerprint density at radius 3 is 2.92 bits per heavy atom. The molecule has 0 spiro atoms. The van der Waals surface area contributed by atoms with Gasteiger partial charge < -0.3 is 0 Å². The van der Waals surface area contributed by atoms with E-state index >= 15 is 0 Å². The number of hydrogen-bond donors (Lipinski definition) is 2. The number of hydrazine groups is 1. The number of rotatable bonds is 2. The zero-order valence-corrected chi connectivity index (χ0v) is 8.26. The molecule has 2 N–H and O–H groups in total. The number of terminal acetylenes is 1. The Bertz CT molecular complexity index is 357. The highest BCUT2D eigenvalue weighted by molar-refractivity contribution is 9.10. The van der Waals surface area contributed by atoms with Gasteiger partial charge in [-0.05, 0) is 24.1 Å². The lowest BCUT2D eigenvalue weighted by Crippen LogP contribution is -2.27. The minimum Gasteiger partial charge on any atom is -0.298 e. The van der Waals surface area contributed by atoms with Crippen LogP contribution in [0.1, 0.15) is 0 Å². The Labute approximate surface area is 84.6 Å². The van der Waals surface area contributed by atoms with Gasteiger partial charge in [-0.25, -0.2) is 0 Å². The largest absolute Gasteiger partial charge is 0.313 e. The molecule has 1 rings (SSSR count). The first kappa shape index (κ1) is 9.62. The second-order valence-corrected chi connectivity index (χ2v) is 3.15. The molecule has 13 heavy (non-hydrogen) atoms. The summed E-state index contributed by atoms with van der Waals surface area (Å²) in [6, 6.07) is 7.35. The molecule has 0 aromatic heterocycles. The quantitative estimate of drug-likeness (QED) is 0.606. The minimum atomic E-state index is -0.500. The molecule has 0 heterocycles. The van der Waals surface area contributed by atoms with E-state index in [-0.39, 0.29) is 0 Å². The molecule has 3 nitrogen and oxygen atoms in total. The Balaban J connectivity index is 2.56. The van der Waals surface area contributed by atoms with E-state index in [4.69, 9.17) is 6.42 Å². The lowest BCUT2D eigenvalue weighted by Gasteiger charge is -2.05. The van der Waals surface area contributed by atoms with Crippen molar-refractivity contribution in [3.8, 4) is 12.3 Å². The van der Waals surface area contributed by atoms with Crippen molar-refractivity contribution in [3.63, 3.8) is 0 Å². The maximum Gasteiger partial charge on any atom is 0.313 e. The van der Waals surface area contributed by atoms with Gasteiger partial charge in [-0.1, -0.05) is 22.0 Å². The highest BCUT2D eigenvalue weighted by Crippen LogP contribution is 2.14. The molecular formula is C9H7BrN2O. The van der Waals surface area contributed by atoms with Gasteiger partial charge in [-0.3, -0.25) is 15.6 Å². The summed E-state index contributed by atoms with van der Waals surface area (Å²) in [7, 11) is 0. The molecule has 0 atom stereocenters. The molecule has 0 fully saturated rings. The average Bonchev–Trinajstić information content (AvgIpc) is 2.14. The van der Waals surface area contributed by atoms with Crippen LogP contribution in [0.2, 0.25) is 0 Å². The Morgan fingerprint density at radius 1 is 1.54 bits per heavy atom. The van der Waals surface area contributed by atoms with Gasteiger partial charge in [-0.15, -0.1) is 6.42 Å². The van der Waals surface area contributed by atoms with Gasteiger partial charge in [-0.2, -0.15) is 0 Å². The van der Waals surface area contributed by atoms with E-state index in [1.807, 2.05) is 30.2 Å². The zero-order chi connectivity index (χ0) is 9.68. The van der Waals surface area contributed by atoms with Crippen LogP contribution in [-0.2, 0) is 4.79 Å². The topological polar surface area (TPSA) is 41.1 Å². The second-order valence-electron chi connectivity index (χ2n) is 2.23. The number of nitrogens with one attached hydrogen (secondary N) is 2. The first-order valence-electron chi connectivity index (χ1n) is 3.50. The van der Waals surface area contributed by atoms with E-state index in [9.17, 15) is 4.79 Å². The molecule has 1 aromatic rings. The third kappa shape index (κ3) is 3.18. The van der Waals surface area contributed by atoms with E-state index in [1.165, 1.54) is 0 Å². The third-order valence-electron chi connectivity index (χ3n) is 1.28. The molecule has 0 bridgehead atoms. The molecular weight excluding hydrogens is 232 g/mol. The predicted molar refractivity (Wildman–Crippen MR) is 54.7 cm³/mol. The Morgan fingerprint density at radius 2 is 2.31 bits per heavy atom. The van der Waals surface area contributed by atoms with Gasteiger partial charge in [0.25, 0.3) is 0 Å². The zero-order valence-electron chi connectivity index (χ0n) is 6.67. The van der Waals surface area contributed by atoms with Crippen molar-refractivity contribution in [2.45, 2.75) is 0 Å². The van der Waals surface area contributed by atoms with Crippen LogP contribution in [0.3, 0.4) is 0 Å². The number of carbonyl (C=O) groups is 1. The summed E-state index contributed by atoms with van der Waals surface area (Å²) < 4.78 is 0.924. The van der Waals surface area contributed by atoms with Crippen LogP contribution in [0.5, 0.6) is 0 Å².